The molecule has 0 N–H and O–H groups in total. The van der Waals surface area contributed by atoms with Crippen LogP contribution in [0.2, 0.25) is 0 Å². The van der Waals surface area contributed by atoms with E-state index < -0.39 is 0 Å². The van der Waals surface area contributed by atoms with Gasteiger partial charge in [0.1, 0.15) is 7.85 Å². The van der Waals surface area contributed by atoms with E-state index in [0.29, 0.717) is 0 Å². The molecule has 2 nitrogen and oxygen atoms in total. The van der Waals surface area contributed by atoms with E-state index in [9.17, 15) is 4.91 Å². The molecule has 46 valence electrons. The van der Waals surface area contributed by atoms with Crippen LogP contribution in [0.3, 0.4) is 0 Å². The molecule has 0 aliphatic heterocycles. The Morgan fingerprint density at radius 3 is 2.80 bits per heavy atom. The summed E-state index contributed by atoms with van der Waals surface area (Å²) in [4.78, 5) is 9.62. The van der Waals surface area contributed by atoms with Gasteiger partial charge < -0.3 is 0 Å². The zero-order valence-corrected chi connectivity index (χ0v) is 5.51. The number of nitrogens with zero attached hydrogens (tertiary/aromatic N) is 1. The summed E-state index contributed by atoms with van der Waals surface area (Å²) < 4.78 is 0. The number of hydrogen-bond donors (Lipinski definition) is 0. The van der Waals surface area contributed by atoms with Gasteiger partial charge in [-0.25, -0.2) is 0 Å². The van der Waals surface area contributed by atoms with Crippen molar-refractivity contribution in [2.45, 2.75) is 6.92 Å². The second-order valence-electron chi connectivity index (χ2n) is 1.30. The second-order valence-corrected chi connectivity index (χ2v) is 1.30. The first kappa shape index (κ1) is 8.52. The predicted molar refractivity (Wildman–Crippen MR) is 40.9 cm³/mol. The number of allylic oxidation sites excluding steroid dienone is 1. The fourth-order valence-corrected chi connectivity index (χ4v) is 0.235. The van der Waals surface area contributed by atoms with Gasteiger partial charge in [0.05, 0.1) is 0 Å². The molecule has 0 aliphatic rings. The van der Waals surface area contributed by atoms with Crippen LogP contribution in [0.25, 0.3) is 0 Å². The summed E-state index contributed by atoms with van der Waals surface area (Å²) in [7, 11) is 4.99. The van der Waals surface area contributed by atoms with Crippen LogP contribution in [0.5, 0.6) is 0 Å². The summed E-state index contributed by atoms with van der Waals surface area (Å²) in [6.07, 6.45) is 1.21. The molecule has 0 unspecified atom stereocenters. The molecule has 0 spiro atoms. The smallest absolute Gasteiger partial charge is 0.146 e. The zero-order valence-electron chi connectivity index (χ0n) is 5.51. The Morgan fingerprint density at radius 1 is 1.60 bits per heavy atom. The summed E-state index contributed by atoms with van der Waals surface area (Å²) in [6.45, 7) is 1.67. The largest absolute Gasteiger partial charge is 0.147 e. The number of nitroso groups, excluding NO2 is 1. The van der Waals surface area contributed by atoms with E-state index in [0.717, 1.165) is 0 Å². The standard InChI is InChI=1S/C7H4BNO/c1-2-3-4-5-6-7(8)9-10/h6H,1H3/b7-6+. The van der Waals surface area contributed by atoms with Gasteiger partial charge in [-0.3, -0.25) is 0 Å². The van der Waals surface area contributed by atoms with Crippen LogP contribution in [0.4, 0.5) is 0 Å². The Hall–Kier alpha value is -1.48. The predicted octanol–water partition coefficient (Wildman–Crippen LogP) is 0.789. The molecule has 10 heavy (non-hydrogen) atoms. The highest BCUT2D eigenvalue weighted by molar-refractivity contribution is 6.21. The topological polar surface area (TPSA) is 29.4 Å². The summed E-state index contributed by atoms with van der Waals surface area (Å²) >= 11 is 0. The number of rotatable bonds is 1. The van der Waals surface area contributed by atoms with Gasteiger partial charge in [-0.1, -0.05) is 11.8 Å². The molecule has 0 aliphatic carbocycles. The molecule has 0 saturated heterocycles. The van der Waals surface area contributed by atoms with Crippen molar-refractivity contribution in [2.24, 2.45) is 5.18 Å². The van der Waals surface area contributed by atoms with Gasteiger partial charge in [-0.2, -0.15) is 0 Å². The van der Waals surface area contributed by atoms with Gasteiger partial charge in [0.2, 0.25) is 0 Å². The summed E-state index contributed by atoms with van der Waals surface area (Å²) in [5, 5.41) is 2.42. The minimum atomic E-state index is -0.134. The maximum Gasteiger partial charge on any atom is 0.147 e. The normalized spacial score (nSPS) is 8.30. The van der Waals surface area contributed by atoms with Crippen molar-refractivity contribution in [2.75, 3.05) is 0 Å². The van der Waals surface area contributed by atoms with Crippen LogP contribution in [0, 0.1) is 28.6 Å². The molecule has 0 heterocycles. The zero-order chi connectivity index (χ0) is 7.82. The Bertz CT molecular complexity index is 259. The van der Waals surface area contributed by atoms with Crippen LogP contribution in [0.1, 0.15) is 6.92 Å². The molecule has 3 heteroatoms. The van der Waals surface area contributed by atoms with Gasteiger partial charge in [0, 0.05) is 11.7 Å². The molecule has 0 saturated carbocycles. The fraction of sp³-hybridized carbons (Fsp3) is 0.143. The molecule has 0 aromatic rings. The van der Waals surface area contributed by atoms with Gasteiger partial charge in [-0.15, -0.1) is 4.91 Å². The first-order valence-electron chi connectivity index (χ1n) is 2.52. The van der Waals surface area contributed by atoms with Crippen molar-refractivity contribution in [3.8, 4) is 23.7 Å². The quantitative estimate of drug-likeness (QED) is 0.292. The van der Waals surface area contributed by atoms with E-state index in [1.54, 1.807) is 6.92 Å². The van der Waals surface area contributed by atoms with Gasteiger partial charge in [0.15, 0.2) is 0 Å². The maximum atomic E-state index is 9.62. The van der Waals surface area contributed by atoms with E-state index in [1.807, 2.05) is 0 Å². The van der Waals surface area contributed by atoms with E-state index in [-0.39, 0.29) is 5.60 Å². The van der Waals surface area contributed by atoms with E-state index in [4.69, 9.17) is 7.85 Å². The minimum Gasteiger partial charge on any atom is -0.146 e. The Kier molecular flexibility index (Phi) is 4.82. The summed E-state index contributed by atoms with van der Waals surface area (Å²) in [5.74, 6) is 9.90. The summed E-state index contributed by atoms with van der Waals surface area (Å²) in [6, 6.07) is 0. The van der Waals surface area contributed by atoms with Crippen molar-refractivity contribution < 1.29 is 0 Å². The lowest BCUT2D eigenvalue weighted by Crippen LogP contribution is -1.69. The van der Waals surface area contributed by atoms with E-state index in [2.05, 4.69) is 28.9 Å². The number of hydrogen-bond acceptors (Lipinski definition) is 2. The molecule has 0 rings (SSSR count). The van der Waals surface area contributed by atoms with Crippen molar-refractivity contribution in [3.63, 3.8) is 0 Å². The molecule has 0 aromatic carbocycles. The Balaban J connectivity index is 4.05. The van der Waals surface area contributed by atoms with Crippen molar-refractivity contribution in [1.82, 2.24) is 0 Å². The van der Waals surface area contributed by atoms with Crippen molar-refractivity contribution in [1.29, 1.82) is 0 Å². The third-order valence-corrected chi connectivity index (χ3v) is 0.585. The highest BCUT2D eigenvalue weighted by atomic mass is 16.3. The van der Waals surface area contributed by atoms with Crippen molar-refractivity contribution >= 4 is 7.85 Å². The molecular formula is C7H4BNO. The van der Waals surface area contributed by atoms with Crippen LogP contribution < -0.4 is 0 Å². The highest BCUT2D eigenvalue weighted by Gasteiger charge is 1.76. The molecule has 0 atom stereocenters. The SMILES string of the molecule is [B]/C(=C\C#CC#CC)N=O. The Labute approximate surface area is 61.1 Å². The highest BCUT2D eigenvalue weighted by Crippen LogP contribution is 1.83. The molecule has 0 bridgehead atoms. The first-order valence-corrected chi connectivity index (χ1v) is 2.52. The lowest BCUT2D eigenvalue weighted by Gasteiger charge is -1.73. The van der Waals surface area contributed by atoms with Gasteiger partial charge >= 0.3 is 0 Å². The second kappa shape index (κ2) is 5.66. The molecular weight excluding hydrogens is 125 g/mol. The van der Waals surface area contributed by atoms with Crippen LogP contribution >= 0.6 is 0 Å². The molecule has 0 fully saturated rings. The van der Waals surface area contributed by atoms with Gasteiger partial charge in [0.25, 0.3) is 0 Å². The van der Waals surface area contributed by atoms with E-state index >= 15 is 0 Å². The van der Waals surface area contributed by atoms with Crippen LogP contribution in [-0.4, -0.2) is 7.85 Å². The fourth-order valence-electron chi connectivity index (χ4n) is 0.235. The minimum absolute atomic E-state index is 0.134. The maximum absolute atomic E-state index is 9.62. The summed E-state index contributed by atoms with van der Waals surface area (Å²) in [5.41, 5.74) is -0.134. The van der Waals surface area contributed by atoms with E-state index in [1.165, 1.54) is 6.08 Å². The van der Waals surface area contributed by atoms with Crippen molar-refractivity contribution in [3.05, 3.63) is 16.6 Å². The average molecular weight is 129 g/mol. The average Bonchev–Trinajstić information content (AvgIpc) is 1.98. The molecule has 0 amide bonds. The first-order chi connectivity index (χ1) is 4.81. The lowest BCUT2D eigenvalue weighted by molar-refractivity contribution is 1.49. The molecule has 2 radical (unpaired) electrons. The Morgan fingerprint density at radius 2 is 2.30 bits per heavy atom. The third kappa shape index (κ3) is 4.68. The monoisotopic (exact) mass is 129 g/mol. The van der Waals surface area contributed by atoms with Crippen LogP contribution in [0.15, 0.2) is 16.8 Å². The molecule has 0 aromatic heterocycles. The van der Waals surface area contributed by atoms with Crippen LogP contribution in [-0.2, 0) is 0 Å². The third-order valence-electron chi connectivity index (χ3n) is 0.585. The van der Waals surface area contributed by atoms with Gasteiger partial charge in [-0.05, 0) is 23.9 Å². The lowest BCUT2D eigenvalue weighted by atomic mass is 10.1.